The lowest BCUT2D eigenvalue weighted by Crippen LogP contribution is -2.11. The molecule has 3 N–H and O–H groups in total. The van der Waals surface area contributed by atoms with Crippen molar-refractivity contribution in [2.45, 2.75) is 4.90 Å². The maximum Gasteiger partial charge on any atom is 0.240 e. The molecule has 0 aliphatic heterocycles. The van der Waals surface area contributed by atoms with E-state index in [9.17, 15) is 8.42 Å². The smallest absolute Gasteiger partial charge is 0.240 e. The Labute approximate surface area is 84.1 Å². The molecule has 0 fully saturated rings. The number of aromatic amines is 1. The first-order chi connectivity index (χ1) is 6.48. The molecular weight excluding hydrogens is 228 g/mol. The summed E-state index contributed by atoms with van der Waals surface area (Å²) < 4.78 is 22.2. The monoisotopic (exact) mass is 232 g/mol. The molecule has 6 nitrogen and oxygen atoms in total. The zero-order chi connectivity index (χ0) is 10.3. The lowest BCUT2D eigenvalue weighted by atomic mass is 10.4. The van der Waals surface area contributed by atoms with Crippen molar-refractivity contribution in [3.8, 4) is 0 Å². The van der Waals surface area contributed by atoms with Crippen LogP contribution in [0, 0.1) is 0 Å². The average molecular weight is 233 g/mol. The fraction of sp³-hybridized carbons (Fsp3) is 0. The SMILES string of the molecule is NS(=O)(=O)c1c[nH]c2nnc(Cl)cc12. The number of fused-ring (bicyclic) bond motifs is 1. The number of hydrogen-bond donors (Lipinski definition) is 2. The number of nitrogens with one attached hydrogen (secondary N) is 1. The van der Waals surface area contributed by atoms with Gasteiger partial charge in [0.25, 0.3) is 0 Å². The van der Waals surface area contributed by atoms with E-state index in [0.717, 1.165) is 0 Å². The minimum Gasteiger partial charge on any atom is -0.343 e. The van der Waals surface area contributed by atoms with Crippen molar-refractivity contribution in [3.05, 3.63) is 17.4 Å². The minimum atomic E-state index is -3.76. The zero-order valence-electron chi connectivity index (χ0n) is 6.73. The lowest BCUT2D eigenvalue weighted by Gasteiger charge is -1.93. The number of nitrogens with two attached hydrogens (primary N) is 1. The first kappa shape index (κ1) is 9.38. The Bertz CT molecular complexity index is 591. The molecule has 0 saturated carbocycles. The highest BCUT2D eigenvalue weighted by molar-refractivity contribution is 7.89. The van der Waals surface area contributed by atoms with Gasteiger partial charge in [0.15, 0.2) is 10.8 Å². The summed E-state index contributed by atoms with van der Waals surface area (Å²) in [4.78, 5) is 2.59. The molecule has 0 aromatic carbocycles. The molecule has 0 aliphatic rings. The van der Waals surface area contributed by atoms with E-state index in [4.69, 9.17) is 16.7 Å². The molecule has 8 heteroatoms. The maximum atomic E-state index is 11.1. The molecule has 0 aliphatic carbocycles. The van der Waals surface area contributed by atoms with E-state index in [1.165, 1.54) is 12.3 Å². The quantitative estimate of drug-likeness (QED) is 0.736. The summed E-state index contributed by atoms with van der Waals surface area (Å²) in [6, 6.07) is 1.39. The molecule has 2 aromatic rings. The fourth-order valence-corrected chi connectivity index (χ4v) is 1.94. The van der Waals surface area contributed by atoms with Crippen LogP contribution < -0.4 is 5.14 Å². The second-order valence-electron chi connectivity index (χ2n) is 2.63. The summed E-state index contributed by atoms with van der Waals surface area (Å²) in [7, 11) is -3.76. The normalized spacial score (nSPS) is 12.1. The first-order valence-corrected chi connectivity index (χ1v) is 5.44. The number of sulfonamides is 1. The van der Waals surface area contributed by atoms with Crippen molar-refractivity contribution < 1.29 is 8.42 Å². The van der Waals surface area contributed by atoms with E-state index in [1.54, 1.807) is 0 Å². The minimum absolute atomic E-state index is 0.0377. The van der Waals surface area contributed by atoms with Crippen molar-refractivity contribution in [3.63, 3.8) is 0 Å². The van der Waals surface area contributed by atoms with Crippen LogP contribution in [0.5, 0.6) is 0 Å². The van der Waals surface area contributed by atoms with Crippen LogP contribution in [-0.2, 0) is 10.0 Å². The number of H-pyrrole nitrogens is 1. The predicted molar refractivity (Wildman–Crippen MR) is 50.3 cm³/mol. The summed E-state index contributed by atoms with van der Waals surface area (Å²) in [5.74, 6) is 0. The third-order valence-corrected chi connectivity index (χ3v) is 2.81. The van der Waals surface area contributed by atoms with Crippen molar-refractivity contribution >= 4 is 32.7 Å². The van der Waals surface area contributed by atoms with E-state index < -0.39 is 10.0 Å². The molecule has 0 spiro atoms. The van der Waals surface area contributed by atoms with E-state index >= 15 is 0 Å². The number of primary sulfonamides is 1. The molecular formula is C6H5ClN4O2S. The van der Waals surface area contributed by atoms with Gasteiger partial charge in [-0.05, 0) is 6.07 Å². The third-order valence-electron chi connectivity index (χ3n) is 1.68. The predicted octanol–water partition coefficient (Wildman–Crippen LogP) is 0.259. The van der Waals surface area contributed by atoms with Crippen molar-refractivity contribution in [1.29, 1.82) is 0 Å². The Balaban J connectivity index is 2.87. The van der Waals surface area contributed by atoms with E-state index in [0.29, 0.717) is 11.0 Å². The summed E-state index contributed by atoms with van der Waals surface area (Å²) in [6.45, 7) is 0. The average Bonchev–Trinajstić information content (AvgIpc) is 2.45. The van der Waals surface area contributed by atoms with Crippen molar-refractivity contribution in [1.82, 2.24) is 15.2 Å². The Morgan fingerprint density at radius 3 is 2.79 bits per heavy atom. The number of hydrogen-bond acceptors (Lipinski definition) is 4. The van der Waals surface area contributed by atoms with Crippen molar-refractivity contribution in [2.24, 2.45) is 5.14 Å². The second-order valence-corrected chi connectivity index (χ2v) is 4.54. The Hall–Kier alpha value is -1.18. The standard InChI is InChI=1S/C6H5ClN4O2S/c7-5-1-3-4(14(8,12)13)2-9-6(3)11-10-5/h1-2H,(H,9,11)(H2,8,12,13). The van der Waals surface area contributed by atoms with Gasteiger partial charge in [0.1, 0.15) is 4.90 Å². The molecule has 74 valence electrons. The molecule has 0 saturated heterocycles. The van der Waals surface area contributed by atoms with Gasteiger partial charge in [-0.3, -0.25) is 0 Å². The molecule has 0 amide bonds. The van der Waals surface area contributed by atoms with Crippen LogP contribution in [0.3, 0.4) is 0 Å². The number of rotatable bonds is 1. The molecule has 2 heterocycles. The van der Waals surface area contributed by atoms with Crippen LogP contribution in [0.15, 0.2) is 17.2 Å². The molecule has 2 rings (SSSR count). The summed E-state index contributed by atoms with van der Waals surface area (Å²) in [6.07, 6.45) is 1.25. The molecule has 0 radical (unpaired) electrons. The molecule has 0 unspecified atom stereocenters. The van der Waals surface area contributed by atoms with Gasteiger partial charge in [0.2, 0.25) is 10.0 Å². The topological polar surface area (TPSA) is 102 Å². The Morgan fingerprint density at radius 1 is 1.43 bits per heavy atom. The van der Waals surface area contributed by atoms with Gasteiger partial charge in [-0.15, -0.1) is 10.2 Å². The summed E-state index contributed by atoms with van der Waals surface area (Å²) >= 11 is 5.57. The first-order valence-electron chi connectivity index (χ1n) is 3.51. The highest BCUT2D eigenvalue weighted by Gasteiger charge is 2.15. The molecule has 2 aromatic heterocycles. The van der Waals surface area contributed by atoms with E-state index in [-0.39, 0.29) is 10.0 Å². The van der Waals surface area contributed by atoms with E-state index in [1.807, 2.05) is 0 Å². The van der Waals surface area contributed by atoms with Crippen LogP contribution in [0.4, 0.5) is 0 Å². The van der Waals surface area contributed by atoms with Crippen LogP contribution in [0.1, 0.15) is 0 Å². The van der Waals surface area contributed by atoms with Gasteiger partial charge < -0.3 is 4.98 Å². The second kappa shape index (κ2) is 2.91. The third kappa shape index (κ3) is 1.45. The van der Waals surface area contributed by atoms with Gasteiger partial charge in [-0.2, -0.15) is 0 Å². The van der Waals surface area contributed by atoms with E-state index in [2.05, 4.69) is 15.2 Å². The van der Waals surface area contributed by atoms with Gasteiger partial charge in [-0.1, -0.05) is 11.6 Å². The van der Waals surface area contributed by atoms with Gasteiger partial charge in [0.05, 0.1) is 0 Å². The largest absolute Gasteiger partial charge is 0.343 e. The lowest BCUT2D eigenvalue weighted by molar-refractivity contribution is 0.598. The fourth-order valence-electron chi connectivity index (χ4n) is 1.11. The molecule has 14 heavy (non-hydrogen) atoms. The highest BCUT2D eigenvalue weighted by atomic mass is 35.5. The van der Waals surface area contributed by atoms with Crippen LogP contribution in [-0.4, -0.2) is 23.6 Å². The number of nitrogens with zero attached hydrogens (tertiary/aromatic N) is 2. The summed E-state index contributed by atoms with van der Waals surface area (Å²) in [5, 5.41) is 12.6. The molecule has 0 bridgehead atoms. The van der Waals surface area contributed by atoms with Crippen LogP contribution in [0.2, 0.25) is 5.15 Å². The van der Waals surface area contributed by atoms with Crippen LogP contribution >= 0.6 is 11.6 Å². The zero-order valence-corrected chi connectivity index (χ0v) is 8.30. The van der Waals surface area contributed by atoms with Gasteiger partial charge >= 0.3 is 0 Å². The maximum absolute atomic E-state index is 11.1. The molecule has 0 atom stereocenters. The van der Waals surface area contributed by atoms with Gasteiger partial charge in [-0.25, -0.2) is 13.6 Å². The number of aromatic nitrogens is 3. The summed E-state index contributed by atoms with van der Waals surface area (Å²) in [5.41, 5.74) is 0.332. The highest BCUT2D eigenvalue weighted by Crippen LogP contribution is 2.21. The Morgan fingerprint density at radius 2 is 2.14 bits per heavy atom. The number of halogens is 1. The van der Waals surface area contributed by atoms with Crippen LogP contribution in [0.25, 0.3) is 11.0 Å². The Kier molecular flexibility index (Phi) is 1.95. The van der Waals surface area contributed by atoms with Crippen molar-refractivity contribution in [2.75, 3.05) is 0 Å². The van der Waals surface area contributed by atoms with Gasteiger partial charge in [0, 0.05) is 11.6 Å².